The molecule has 0 saturated heterocycles. The molecule has 0 aromatic carbocycles. The van der Waals surface area contributed by atoms with Crippen LogP contribution in [0.3, 0.4) is 0 Å². The smallest absolute Gasteiger partial charge is 0.289 e. The summed E-state index contributed by atoms with van der Waals surface area (Å²) in [5, 5.41) is 10.8. The van der Waals surface area contributed by atoms with E-state index in [0.29, 0.717) is 18.9 Å². The number of rotatable bonds is 5. The molecule has 0 unspecified atom stereocenters. The molecule has 2 N–H and O–H groups in total. The zero-order valence-electron chi connectivity index (χ0n) is 8.89. The standard InChI is InChI=1S/C9H13ClN4O2/c1-13(4-2-3-11)9-8(10)5-7(6-12-9)14(15)16/h5-6H,2-4,11H2,1H3. The van der Waals surface area contributed by atoms with E-state index in [4.69, 9.17) is 17.3 Å². The third-order valence-electron chi connectivity index (χ3n) is 2.08. The summed E-state index contributed by atoms with van der Waals surface area (Å²) in [7, 11) is 1.82. The molecule has 0 amide bonds. The van der Waals surface area contributed by atoms with Crippen molar-refractivity contribution in [2.24, 2.45) is 5.73 Å². The van der Waals surface area contributed by atoms with Crippen molar-refractivity contribution in [1.82, 2.24) is 4.98 Å². The maximum Gasteiger partial charge on any atom is 0.289 e. The zero-order valence-corrected chi connectivity index (χ0v) is 9.65. The Bertz CT molecular complexity index is 386. The molecule has 0 saturated carbocycles. The highest BCUT2D eigenvalue weighted by atomic mass is 35.5. The van der Waals surface area contributed by atoms with E-state index < -0.39 is 4.92 Å². The number of hydrogen-bond acceptors (Lipinski definition) is 5. The van der Waals surface area contributed by atoms with Crippen molar-refractivity contribution < 1.29 is 4.92 Å². The molecule has 88 valence electrons. The molecular weight excluding hydrogens is 232 g/mol. The number of anilines is 1. The molecule has 0 bridgehead atoms. The van der Waals surface area contributed by atoms with Crippen LogP contribution in [-0.2, 0) is 0 Å². The van der Waals surface area contributed by atoms with Crippen molar-refractivity contribution in [3.05, 3.63) is 27.4 Å². The van der Waals surface area contributed by atoms with Crippen LogP contribution in [0.25, 0.3) is 0 Å². The van der Waals surface area contributed by atoms with Crippen LogP contribution in [0.15, 0.2) is 12.3 Å². The van der Waals surface area contributed by atoms with Gasteiger partial charge in [-0.2, -0.15) is 0 Å². The van der Waals surface area contributed by atoms with Crippen LogP contribution < -0.4 is 10.6 Å². The van der Waals surface area contributed by atoms with Gasteiger partial charge in [-0.1, -0.05) is 11.6 Å². The van der Waals surface area contributed by atoms with Crippen molar-refractivity contribution in [3.63, 3.8) is 0 Å². The van der Waals surface area contributed by atoms with Crippen LogP contribution in [0.5, 0.6) is 0 Å². The molecule has 16 heavy (non-hydrogen) atoms. The third-order valence-corrected chi connectivity index (χ3v) is 2.36. The second kappa shape index (κ2) is 5.62. The predicted octanol–water partition coefficient (Wildman–Crippen LogP) is 1.43. The minimum atomic E-state index is -0.525. The second-order valence-corrected chi connectivity index (χ2v) is 3.73. The van der Waals surface area contributed by atoms with Crippen LogP contribution in [-0.4, -0.2) is 30.0 Å². The average molecular weight is 245 g/mol. The number of nitro groups is 1. The molecule has 0 aliphatic rings. The molecular formula is C9H13ClN4O2. The summed E-state index contributed by atoms with van der Waals surface area (Å²) < 4.78 is 0. The highest BCUT2D eigenvalue weighted by molar-refractivity contribution is 6.33. The van der Waals surface area contributed by atoms with Gasteiger partial charge in [0.15, 0.2) is 0 Å². The first kappa shape index (κ1) is 12.7. The van der Waals surface area contributed by atoms with Crippen molar-refractivity contribution in [2.45, 2.75) is 6.42 Å². The Morgan fingerprint density at radius 3 is 2.88 bits per heavy atom. The fourth-order valence-electron chi connectivity index (χ4n) is 1.24. The van der Waals surface area contributed by atoms with E-state index in [1.807, 2.05) is 11.9 Å². The monoisotopic (exact) mass is 244 g/mol. The Hall–Kier alpha value is -1.40. The second-order valence-electron chi connectivity index (χ2n) is 3.32. The molecule has 0 atom stereocenters. The Kier molecular flexibility index (Phi) is 4.45. The molecule has 1 aromatic heterocycles. The summed E-state index contributed by atoms with van der Waals surface area (Å²) in [6.45, 7) is 1.29. The maximum absolute atomic E-state index is 10.5. The Morgan fingerprint density at radius 1 is 1.69 bits per heavy atom. The van der Waals surface area contributed by atoms with Gasteiger partial charge in [0.25, 0.3) is 5.69 Å². The van der Waals surface area contributed by atoms with Crippen LogP contribution >= 0.6 is 11.6 Å². The molecule has 0 aliphatic carbocycles. The van der Waals surface area contributed by atoms with Gasteiger partial charge in [-0.15, -0.1) is 0 Å². The summed E-state index contributed by atoms with van der Waals surface area (Å²) >= 11 is 5.91. The fraction of sp³-hybridized carbons (Fsp3) is 0.444. The largest absolute Gasteiger partial charge is 0.358 e. The summed E-state index contributed by atoms with van der Waals surface area (Å²) in [4.78, 5) is 15.7. The van der Waals surface area contributed by atoms with Crippen molar-refractivity contribution in [3.8, 4) is 0 Å². The van der Waals surface area contributed by atoms with Gasteiger partial charge < -0.3 is 10.6 Å². The van der Waals surface area contributed by atoms with Crippen molar-refractivity contribution >= 4 is 23.1 Å². The fourth-order valence-corrected chi connectivity index (χ4v) is 1.54. The lowest BCUT2D eigenvalue weighted by atomic mass is 10.3. The molecule has 0 fully saturated rings. The number of hydrogen-bond donors (Lipinski definition) is 1. The molecule has 1 rings (SSSR count). The summed E-state index contributed by atoms with van der Waals surface area (Å²) in [6, 6.07) is 1.29. The minimum Gasteiger partial charge on any atom is -0.358 e. The number of pyridine rings is 1. The van der Waals surface area contributed by atoms with Gasteiger partial charge >= 0.3 is 0 Å². The van der Waals surface area contributed by atoms with Gasteiger partial charge in [0.1, 0.15) is 12.0 Å². The lowest BCUT2D eigenvalue weighted by Gasteiger charge is -2.18. The molecule has 7 heteroatoms. The van der Waals surface area contributed by atoms with Crippen LogP contribution in [0.4, 0.5) is 11.5 Å². The van der Waals surface area contributed by atoms with E-state index in [1.165, 1.54) is 12.3 Å². The first-order valence-electron chi connectivity index (χ1n) is 4.77. The molecule has 0 aliphatic heterocycles. The molecule has 1 heterocycles. The third kappa shape index (κ3) is 3.04. The van der Waals surface area contributed by atoms with Gasteiger partial charge in [-0.25, -0.2) is 4.98 Å². The first-order chi connectivity index (χ1) is 7.56. The highest BCUT2D eigenvalue weighted by Gasteiger charge is 2.13. The number of nitrogens with two attached hydrogens (primary N) is 1. The quantitative estimate of drug-likeness (QED) is 0.626. The van der Waals surface area contributed by atoms with E-state index in [-0.39, 0.29) is 10.7 Å². The summed E-state index contributed by atoms with van der Waals surface area (Å²) in [6.07, 6.45) is 2.01. The lowest BCUT2D eigenvalue weighted by Crippen LogP contribution is -2.22. The zero-order chi connectivity index (χ0) is 12.1. The van der Waals surface area contributed by atoms with E-state index in [0.717, 1.165) is 6.42 Å². The molecule has 0 radical (unpaired) electrons. The lowest BCUT2D eigenvalue weighted by molar-refractivity contribution is -0.385. The van der Waals surface area contributed by atoms with Gasteiger partial charge in [0, 0.05) is 19.7 Å². The first-order valence-corrected chi connectivity index (χ1v) is 5.15. The van der Waals surface area contributed by atoms with E-state index in [1.54, 1.807) is 0 Å². The SMILES string of the molecule is CN(CCCN)c1ncc([N+](=O)[O-])cc1Cl. The van der Waals surface area contributed by atoms with Crippen molar-refractivity contribution in [1.29, 1.82) is 0 Å². The summed E-state index contributed by atoms with van der Waals surface area (Å²) in [5.41, 5.74) is 5.28. The number of halogens is 1. The van der Waals surface area contributed by atoms with E-state index in [9.17, 15) is 10.1 Å². The number of nitrogens with zero attached hydrogens (tertiary/aromatic N) is 3. The van der Waals surface area contributed by atoms with Crippen molar-refractivity contribution in [2.75, 3.05) is 25.0 Å². The molecule has 0 spiro atoms. The maximum atomic E-state index is 10.5. The normalized spacial score (nSPS) is 10.2. The predicted molar refractivity (Wildman–Crippen MR) is 62.8 cm³/mol. The number of aromatic nitrogens is 1. The average Bonchev–Trinajstić information content (AvgIpc) is 2.25. The van der Waals surface area contributed by atoms with E-state index in [2.05, 4.69) is 4.98 Å². The summed E-state index contributed by atoms with van der Waals surface area (Å²) in [5.74, 6) is 0.528. The molecule has 1 aromatic rings. The van der Waals surface area contributed by atoms with Crippen LogP contribution in [0, 0.1) is 10.1 Å². The topological polar surface area (TPSA) is 85.3 Å². The minimum absolute atomic E-state index is 0.110. The van der Waals surface area contributed by atoms with E-state index >= 15 is 0 Å². The van der Waals surface area contributed by atoms with Gasteiger partial charge in [0.05, 0.1) is 9.95 Å². The van der Waals surface area contributed by atoms with Gasteiger partial charge in [-0.3, -0.25) is 10.1 Å². The molecule has 6 nitrogen and oxygen atoms in total. The Balaban J connectivity index is 2.85. The van der Waals surface area contributed by atoms with Gasteiger partial charge in [0.2, 0.25) is 0 Å². The van der Waals surface area contributed by atoms with Gasteiger partial charge in [-0.05, 0) is 13.0 Å². The Morgan fingerprint density at radius 2 is 2.38 bits per heavy atom. The van der Waals surface area contributed by atoms with Crippen LogP contribution in [0.2, 0.25) is 5.02 Å². The van der Waals surface area contributed by atoms with Crippen LogP contribution in [0.1, 0.15) is 6.42 Å². The Labute approximate surface area is 98.2 Å². The highest BCUT2D eigenvalue weighted by Crippen LogP contribution is 2.26.